The van der Waals surface area contributed by atoms with Crippen LogP contribution in [0.3, 0.4) is 0 Å². The van der Waals surface area contributed by atoms with Gasteiger partial charge in [0.2, 0.25) is 5.91 Å². The van der Waals surface area contributed by atoms with E-state index in [1.54, 1.807) is 0 Å². The van der Waals surface area contributed by atoms with Crippen molar-refractivity contribution in [3.63, 3.8) is 0 Å². The Morgan fingerprint density at radius 1 is 1.28 bits per heavy atom. The van der Waals surface area contributed by atoms with Gasteiger partial charge in [0.15, 0.2) is 21.2 Å². The van der Waals surface area contributed by atoms with Gasteiger partial charge in [0, 0.05) is 6.92 Å². The number of hydrogen-bond donors (Lipinski definition) is 1. The number of benzene rings is 1. The molecule has 1 rings (SSSR count). The van der Waals surface area contributed by atoms with Gasteiger partial charge < -0.3 is 0 Å². The molecule has 1 N–H and O–H groups in total. The van der Waals surface area contributed by atoms with Crippen molar-refractivity contribution in [1.29, 1.82) is 0 Å². The van der Waals surface area contributed by atoms with Gasteiger partial charge in [-0.1, -0.05) is 0 Å². The SMILES string of the molecule is CC(=O)NC(=O)c1cc(C(F)(F)F)ccc1I=O. The minimum atomic E-state index is -4.61. The number of nitrogens with one attached hydrogen (secondary N) is 1. The highest BCUT2D eigenvalue weighted by Crippen LogP contribution is 2.31. The molecular formula is C10H7F3INO3. The zero-order valence-corrected chi connectivity index (χ0v) is 11.1. The van der Waals surface area contributed by atoms with E-state index < -0.39 is 44.7 Å². The van der Waals surface area contributed by atoms with Crippen LogP contribution in [0.15, 0.2) is 18.2 Å². The predicted octanol–water partition coefficient (Wildman–Crippen LogP) is 2.47. The number of carbonyl (C=O) groups is 2. The third-order valence-electron chi connectivity index (χ3n) is 1.91. The molecule has 98 valence electrons. The number of hydrogen-bond acceptors (Lipinski definition) is 3. The molecule has 8 heteroatoms. The summed E-state index contributed by atoms with van der Waals surface area (Å²) in [7, 11) is 0. The average Bonchev–Trinajstić information content (AvgIpc) is 2.26. The lowest BCUT2D eigenvalue weighted by molar-refractivity contribution is -0.137. The third-order valence-corrected chi connectivity index (χ3v) is 3.33. The van der Waals surface area contributed by atoms with Crippen molar-refractivity contribution in [2.45, 2.75) is 13.1 Å². The molecule has 4 nitrogen and oxygen atoms in total. The lowest BCUT2D eigenvalue weighted by atomic mass is 10.1. The first kappa shape index (κ1) is 14.7. The summed E-state index contributed by atoms with van der Waals surface area (Å²) in [5.74, 6) is -1.69. The molecule has 0 aliphatic carbocycles. The van der Waals surface area contributed by atoms with Gasteiger partial charge in [-0.05, 0) is 18.2 Å². The lowest BCUT2D eigenvalue weighted by Crippen LogP contribution is -2.29. The van der Waals surface area contributed by atoms with Crippen LogP contribution in [-0.2, 0) is 14.0 Å². The van der Waals surface area contributed by atoms with Crippen molar-refractivity contribution in [2.24, 2.45) is 0 Å². The maximum Gasteiger partial charge on any atom is 0.416 e. The molecule has 1 aromatic rings. The van der Waals surface area contributed by atoms with Crippen molar-refractivity contribution in [2.75, 3.05) is 0 Å². The van der Waals surface area contributed by atoms with Gasteiger partial charge >= 0.3 is 6.18 Å². The van der Waals surface area contributed by atoms with Crippen LogP contribution in [0.5, 0.6) is 0 Å². The maximum atomic E-state index is 12.5. The molecule has 0 aliphatic heterocycles. The van der Waals surface area contributed by atoms with Crippen molar-refractivity contribution >= 4 is 33.0 Å². The summed E-state index contributed by atoms with van der Waals surface area (Å²) >= 11 is -1.81. The smallest absolute Gasteiger partial charge is 0.293 e. The van der Waals surface area contributed by atoms with Crippen molar-refractivity contribution < 1.29 is 25.8 Å². The molecule has 0 fully saturated rings. The number of alkyl halides is 3. The van der Waals surface area contributed by atoms with Crippen molar-refractivity contribution in [3.05, 3.63) is 32.9 Å². The van der Waals surface area contributed by atoms with Crippen LogP contribution >= 0.6 is 21.2 Å². The van der Waals surface area contributed by atoms with E-state index in [4.69, 9.17) is 0 Å². The molecular weight excluding hydrogens is 366 g/mol. The van der Waals surface area contributed by atoms with Crippen LogP contribution in [0.1, 0.15) is 22.8 Å². The van der Waals surface area contributed by atoms with Crippen LogP contribution in [0, 0.1) is 3.57 Å². The Morgan fingerprint density at radius 3 is 2.33 bits per heavy atom. The Labute approximate surface area is 110 Å². The van der Waals surface area contributed by atoms with Crippen molar-refractivity contribution in [3.8, 4) is 0 Å². The second kappa shape index (κ2) is 5.55. The van der Waals surface area contributed by atoms with E-state index in [0.717, 1.165) is 19.1 Å². The van der Waals surface area contributed by atoms with E-state index in [0.29, 0.717) is 6.07 Å². The molecule has 0 aromatic heterocycles. The molecule has 0 atom stereocenters. The van der Waals surface area contributed by atoms with Gasteiger partial charge in [-0.3, -0.25) is 18.0 Å². The van der Waals surface area contributed by atoms with Gasteiger partial charge in [-0.2, -0.15) is 13.2 Å². The minimum absolute atomic E-state index is 0.0144. The monoisotopic (exact) mass is 373 g/mol. The average molecular weight is 373 g/mol. The number of imide groups is 1. The van der Waals surface area contributed by atoms with Gasteiger partial charge in [-0.25, -0.2) is 0 Å². The topological polar surface area (TPSA) is 63.2 Å². The molecule has 0 saturated heterocycles. The molecule has 18 heavy (non-hydrogen) atoms. The van der Waals surface area contributed by atoms with Crippen LogP contribution in [0.4, 0.5) is 13.2 Å². The number of halogens is 4. The summed E-state index contributed by atoms with van der Waals surface area (Å²) in [4.78, 5) is 22.2. The molecule has 0 heterocycles. The van der Waals surface area contributed by atoms with Gasteiger partial charge in [-0.15, -0.1) is 0 Å². The fourth-order valence-electron chi connectivity index (χ4n) is 1.17. The molecule has 0 bridgehead atoms. The van der Waals surface area contributed by atoms with E-state index in [9.17, 15) is 25.8 Å². The molecule has 0 radical (unpaired) electrons. The first-order chi connectivity index (χ1) is 8.25. The number of carbonyl (C=O) groups excluding carboxylic acids is 2. The summed E-state index contributed by atoms with van der Waals surface area (Å²) in [6.45, 7) is 1.05. The Kier molecular flexibility index (Phi) is 4.54. The molecule has 0 unspecified atom stereocenters. The Bertz CT molecular complexity index is 514. The zero-order chi connectivity index (χ0) is 13.9. The van der Waals surface area contributed by atoms with E-state index in [2.05, 4.69) is 0 Å². The summed E-state index contributed by atoms with van der Waals surface area (Å²) in [6, 6.07) is 2.32. The van der Waals surface area contributed by atoms with Gasteiger partial charge in [0.1, 0.15) is 0 Å². The normalized spacial score (nSPS) is 11.1. The zero-order valence-electron chi connectivity index (χ0n) is 8.97. The highest BCUT2D eigenvalue weighted by Gasteiger charge is 2.31. The summed E-state index contributed by atoms with van der Waals surface area (Å²) in [5, 5.41) is 1.85. The summed E-state index contributed by atoms with van der Waals surface area (Å²) in [5.41, 5.74) is -1.42. The Balaban J connectivity index is 3.26. The molecule has 0 saturated carbocycles. The van der Waals surface area contributed by atoms with Gasteiger partial charge in [0.05, 0.1) is 14.7 Å². The van der Waals surface area contributed by atoms with Crippen LogP contribution in [0.2, 0.25) is 0 Å². The fraction of sp³-hybridized carbons (Fsp3) is 0.200. The minimum Gasteiger partial charge on any atom is -0.293 e. The highest BCUT2D eigenvalue weighted by molar-refractivity contribution is 14.1. The second-order valence-corrected chi connectivity index (χ2v) is 4.88. The standard InChI is InChI=1S/C10H7F3INO3/c1-5(16)15-9(17)7-4-6(10(11,12)13)2-3-8(7)14-18/h2-4H,1H3,(H,15,16,17). The second-order valence-electron chi connectivity index (χ2n) is 3.28. The largest absolute Gasteiger partial charge is 0.416 e. The van der Waals surface area contributed by atoms with Crippen LogP contribution in [0.25, 0.3) is 0 Å². The molecule has 0 aliphatic rings. The predicted molar refractivity (Wildman–Crippen MR) is 63.0 cm³/mol. The first-order valence-corrected chi connectivity index (χ1v) is 6.52. The summed E-state index contributed by atoms with van der Waals surface area (Å²) in [6.07, 6.45) is -4.61. The van der Waals surface area contributed by atoms with E-state index in [-0.39, 0.29) is 9.13 Å². The first-order valence-electron chi connectivity index (χ1n) is 4.56. The Hall–Kier alpha value is -1.32. The van der Waals surface area contributed by atoms with E-state index in [1.165, 1.54) is 0 Å². The fourth-order valence-corrected chi connectivity index (χ4v) is 2.13. The van der Waals surface area contributed by atoms with Gasteiger partial charge in [0.25, 0.3) is 5.91 Å². The maximum absolute atomic E-state index is 12.5. The van der Waals surface area contributed by atoms with E-state index >= 15 is 0 Å². The highest BCUT2D eigenvalue weighted by atomic mass is 127. The third kappa shape index (κ3) is 3.59. The van der Waals surface area contributed by atoms with E-state index in [1.807, 2.05) is 5.32 Å². The van der Waals surface area contributed by atoms with Crippen LogP contribution < -0.4 is 5.32 Å². The van der Waals surface area contributed by atoms with Crippen LogP contribution in [-0.4, -0.2) is 11.8 Å². The number of rotatable bonds is 2. The molecule has 2 amide bonds. The molecule has 1 aromatic carbocycles. The summed E-state index contributed by atoms with van der Waals surface area (Å²) < 4.78 is 48.3. The van der Waals surface area contributed by atoms with Crippen molar-refractivity contribution in [1.82, 2.24) is 5.32 Å². The molecule has 0 spiro atoms. The Morgan fingerprint density at radius 2 is 1.89 bits per heavy atom. The quantitative estimate of drug-likeness (QED) is 0.811. The number of amides is 2. The lowest BCUT2D eigenvalue weighted by Gasteiger charge is -2.09.